The Balaban J connectivity index is 1.59. The fourth-order valence-corrected chi connectivity index (χ4v) is 6.24. The molecule has 8 heteroatoms. The van der Waals surface area contributed by atoms with Gasteiger partial charge in [-0.15, -0.1) is 11.8 Å². The van der Waals surface area contributed by atoms with E-state index in [2.05, 4.69) is 12.2 Å². The normalized spacial score (nSPS) is 13.3. The number of amides is 1. The lowest BCUT2D eigenvalue weighted by molar-refractivity contribution is 0.102. The third-order valence-electron chi connectivity index (χ3n) is 5.49. The Hall–Kier alpha value is -2.97. The van der Waals surface area contributed by atoms with Crippen LogP contribution in [0.5, 0.6) is 5.75 Å². The average Bonchev–Trinajstić information content (AvgIpc) is 2.84. The Morgan fingerprint density at radius 2 is 1.85 bits per heavy atom. The molecule has 4 rings (SSSR count). The average molecular weight is 483 g/mol. The molecular formula is C25H26N2O4S2. The first-order valence-electron chi connectivity index (χ1n) is 10.8. The second-order valence-corrected chi connectivity index (χ2v) is 10.8. The van der Waals surface area contributed by atoms with Crippen LogP contribution in [-0.4, -0.2) is 33.7 Å². The minimum Gasteiger partial charge on any atom is -0.497 e. The van der Waals surface area contributed by atoms with Crippen molar-refractivity contribution in [2.45, 2.75) is 29.6 Å². The van der Waals surface area contributed by atoms with E-state index in [-0.39, 0.29) is 10.8 Å². The number of benzene rings is 3. The van der Waals surface area contributed by atoms with Crippen LogP contribution in [0.1, 0.15) is 29.3 Å². The molecule has 3 aromatic carbocycles. The molecule has 0 unspecified atom stereocenters. The van der Waals surface area contributed by atoms with E-state index in [0.29, 0.717) is 35.7 Å². The van der Waals surface area contributed by atoms with E-state index in [1.165, 1.54) is 4.31 Å². The van der Waals surface area contributed by atoms with Crippen molar-refractivity contribution >= 4 is 39.1 Å². The van der Waals surface area contributed by atoms with Crippen LogP contribution < -0.4 is 14.4 Å². The smallest absolute Gasteiger partial charge is 0.264 e. The van der Waals surface area contributed by atoms with E-state index >= 15 is 0 Å². The van der Waals surface area contributed by atoms with Gasteiger partial charge in [0.25, 0.3) is 15.9 Å². The number of nitrogens with one attached hydrogen (secondary N) is 1. The molecule has 1 N–H and O–H groups in total. The van der Waals surface area contributed by atoms with Gasteiger partial charge in [-0.25, -0.2) is 8.42 Å². The summed E-state index contributed by atoms with van der Waals surface area (Å²) in [5.41, 5.74) is 2.83. The van der Waals surface area contributed by atoms with E-state index in [0.717, 1.165) is 22.6 Å². The van der Waals surface area contributed by atoms with Crippen LogP contribution in [0.25, 0.3) is 0 Å². The summed E-state index contributed by atoms with van der Waals surface area (Å²) in [6.07, 6.45) is 1.45. The van der Waals surface area contributed by atoms with Gasteiger partial charge >= 0.3 is 0 Å². The first kappa shape index (κ1) is 23.2. The Bertz CT molecular complexity index is 1260. The number of nitrogens with zero attached hydrogens (tertiary/aromatic N) is 1. The van der Waals surface area contributed by atoms with E-state index in [4.69, 9.17) is 4.74 Å². The zero-order valence-corrected chi connectivity index (χ0v) is 20.2. The molecule has 0 radical (unpaired) electrons. The number of ether oxygens (including phenoxy) is 1. The Kier molecular flexibility index (Phi) is 6.95. The zero-order chi connectivity index (χ0) is 23.4. The lowest BCUT2D eigenvalue weighted by Gasteiger charge is -2.31. The topological polar surface area (TPSA) is 75.7 Å². The molecule has 6 nitrogen and oxygen atoms in total. The van der Waals surface area contributed by atoms with Crippen LogP contribution >= 0.6 is 11.8 Å². The maximum absolute atomic E-state index is 13.3. The standard InChI is InChI=1S/C25H26N2O4S2/c1-3-32-24-9-5-4-8-22(24)25(28)26-19-10-15-23-18(17-19)7-6-16-27(23)33(29,30)21-13-11-20(31-2)12-14-21/h4-5,8-15,17H,3,6-7,16H2,1-2H3,(H,26,28). The van der Waals surface area contributed by atoms with Crippen molar-refractivity contribution in [1.29, 1.82) is 0 Å². The second-order valence-electron chi connectivity index (χ2n) is 7.58. The first-order valence-corrected chi connectivity index (χ1v) is 13.2. The molecule has 172 valence electrons. The minimum absolute atomic E-state index is 0.176. The number of aryl methyl sites for hydroxylation is 1. The highest BCUT2D eigenvalue weighted by Crippen LogP contribution is 2.34. The van der Waals surface area contributed by atoms with Crippen molar-refractivity contribution in [2.24, 2.45) is 0 Å². The molecule has 1 aliphatic heterocycles. The number of anilines is 2. The quantitative estimate of drug-likeness (QED) is 0.469. The summed E-state index contributed by atoms with van der Waals surface area (Å²) in [6, 6.07) is 19.3. The number of fused-ring (bicyclic) bond motifs is 1. The number of hydrogen-bond donors (Lipinski definition) is 1. The maximum Gasteiger partial charge on any atom is 0.264 e. The van der Waals surface area contributed by atoms with Crippen LogP contribution in [-0.2, 0) is 16.4 Å². The van der Waals surface area contributed by atoms with E-state index in [1.807, 2.05) is 30.3 Å². The summed E-state index contributed by atoms with van der Waals surface area (Å²) in [5, 5.41) is 2.97. The number of hydrogen-bond acceptors (Lipinski definition) is 5. The van der Waals surface area contributed by atoms with Gasteiger partial charge in [0.05, 0.1) is 23.3 Å². The summed E-state index contributed by atoms with van der Waals surface area (Å²) in [7, 11) is -2.16. The number of carbonyl (C=O) groups is 1. The van der Waals surface area contributed by atoms with Gasteiger partial charge in [0, 0.05) is 17.1 Å². The molecule has 0 bridgehead atoms. The Labute approximate surface area is 199 Å². The van der Waals surface area contributed by atoms with Crippen molar-refractivity contribution in [1.82, 2.24) is 0 Å². The molecule has 0 saturated heterocycles. The zero-order valence-electron chi connectivity index (χ0n) is 18.6. The number of carbonyl (C=O) groups excluding carboxylic acids is 1. The number of rotatable bonds is 7. The van der Waals surface area contributed by atoms with Crippen molar-refractivity contribution in [2.75, 3.05) is 29.0 Å². The third-order valence-corrected chi connectivity index (χ3v) is 8.28. The van der Waals surface area contributed by atoms with Crippen LogP contribution in [0.3, 0.4) is 0 Å². The summed E-state index contributed by atoms with van der Waals surface area (Å²) in [5.74, 6) is 1.30. The largest absolute Gasteiger partial charge is 0.497 e. The molecule has 1 amide bonds. The first-order chi connectivity index (χ1) is 15.9. The second kappa shape index (κ2) is 9.89. The highest BCUT2D eigenvalue weighted by atomic mass is 32.2. The van der Waals surface area contributed by atoms with Gasteiger partial charge in [0.1, 0.15) is 5.75 Å². The predicted octanol–water partition coefficient (Wildman–Crippen LogP) is 5.20. The molecule has 1 aliphatic rings. The maximum atomic E-state index is 13.3. The molecule has 0 fully saturated rings. The van der Waals surface area contributed by atoms with Crippen molar-refractivity contribution in [3.05, 3.63) is 77.9 Å². The monoisotopic (exact) mass is 482 g/mol. The van der Waals surface area contributed by atoms with Gasteiger partial charge in [0.2, 0.25) is 0 Å². The fraction of sp³-hybridized carbons (Fsp3) is 0.240. The van der Waals surface area contributed by atoms with Crippen LogP contribution in [0.2, 0.25) is 0 Å². The van der Waals surface area contributed by atoms with Gasteiger partial charge in [-0.1, -0.05) is 19.1 Å². The predicted molar refractivity (Wildman–Crippen MR) is 133 cm³/mol. The minimum atomic E-state index is -3.70. The molecule has 0 spiro atoms. The van der Waals surface area contributed by atoms with Gasteiger partial charge in [-0.2, -0.15) is 0 Å². The molecule has 1 heterocycles. The summed E-state index contributed by atoms with van der Waals surface area (Å²) < 4.78 is 33.2. The summed E-state index contributed by atoms with van der Waals surface area (Å²) in [4.78, 5) is 14.1. The molecule has 0 aromatic heterocycles. The summed E-state index contributed by atoms with van der Waals surface area (Å²) in [6.45, 7) is 2.46. The Morgan fingerprint density at radius 3 is 2.58 bits per heavy atom. The van der Waals surface area contributed by atoms with Gasteiger partial charge < -0.3 is 10.1 Å². The van der Waals surface area contributed by atoms with Gasteiger partial charge in [-0.3, -0.25) is 9.10 Å². The SMILES string of the molecule is CCSc1ccccc1C(=O)Nc1ccc2c(c1)CCCN2S(=O)(=O)c1ccc(OC)cc1. The number of methoxy groups -OCH3 is 1. The number of thioether (sulfide) groups is 1. The highest BCUT2D eigenvalue weighted by Gasteiger charge is 2.29. The lowest BCUT2D eigenvalue weighted by Crippen LogP contribution is -2.35. The third kappa shape index (κ3) is 4.86. The number of sulfonamides is 1. The van der Waals surface area contributed by atoms with Crippen LogP contribution in [0.4, 0.5) is 11.4 Å². The van der Waals surface area contributed by atoms with Gasteiger partial charge in [0.15, 0.2) is 0 Å². The summed E-state index contributed by atoms with van der Waals surface area (Å²) >= 11 is 1.62. The van der Waals surface area contributed by atoms with Crippen molar-refractivity contribution in [3.8, 4) is 5.75 Å². The van der Waals surface area contributed by atoms with E-state index in [9.17, 15) is 13.2 Å². The van der Waals surface area contributed by atoms with E-state index < -0.39 is 10.0 Å². The van der Waals surface area contributed by atoms with Crippen LogP contribution in [0, 0.1) is 0 Å². The molecule has 0 aliphatic carbocycles. The lowest BCUT2D eigenvalue weighted by atomic mass is 10.0. The Morgan fingerprint density at radius 1 is 1.09 bits per heavy atom. The van der Waals surface area contributed by atoms with Gasteiger partial charge in [-0.05, 0) is 78.8 Å². The molecule has 3 aromatic rings. The van der Waals surface area contributed by atoms with Crippen LogP contribution in [0.15, 0.2) is 76.5 Å². The fourth-order valence-electron chi connectivity index (χ4n) is 3.90. The van der Waals surface area contributed by atoms with Crippen molar-refractivity contribution < 1.29 is 17.9 Å². The molecular weight excluding hydrogens is 456 g/mol. The van der Waals surface area contributed by atoms with Crippen molar-refractivity contribution in [3.63, 3.8) is 0 Å². The molecule has 0 atom stereocenters. The molecule has 0 saturated carbocycles. The van der Waals surface area contributed by atoms with E-state index in [1.54, 1.807) is 55.3 Å². The molecule has 33 heavy (non-hydrogen) atoms. The highest BCUT2D eigenvalue weighted by molar-refractivity contribution is 7.99.